The number of hydrogen-bond acceptors (Lipinski definition) is 2. The van der Waals surface area contributed by atoms with E-state index in [1.807, 2.05) is 0 Å². The Morgan fingerprint density at radius 2 is 2.00 bits per heavy atom. The van der Waals surface area contributed by atoms with Gasteiger partial charge in [0.25, 0.3) is 5.91 Å². The highest BCUT2D eigenvalue weighted by atomic mass is 19.1. The molecule has 98 valence electrons. The minimum Gasteiger partial charge on any atom is -0.267 e. The molecule has 1 aromatic carbocycles. The lowest BCUT2D eigenvalue weighted by molar-refractivity contribution is 0.0955. The first-order valence-electron chi connectivity index (χ1n) is 6.31. The van der Waals surface area contributed by atoms with Gasteiger partial charge in [0.05, 0.1) is 0 Å². The van der Waals surface area contributed by atoms with Crippen molar-refractivity contribution in [3.8, 4) is 0 Å². The van der Waals surface area contributed by atoms with Crippen molar-refractivity contribution in [1.82, 2.24) is 5.43 Å². The first-order chi connectivity index (χ1) is 8.74. The Balaban J connectivity index is 2.24. The van der Waals surface area contributed by atoms with E-state index in [4.69, 9.17) is 0 Å². The third kappa shape index (κ3) is 5.57. The molecule has 4 heteroatoms. The molecule has 18 heavy (non-hydrogen) atoms. The maximum absolute atomic E-state index is 12.6. The predicted octanol–water partition coefficient (Wildman–Crippen LogP) is 3.51. The standard InChI is InChI=1S/C14H19FN2O/c1-2-3-4-5-6-11-16-17-14(18)12-7-9-13(15)10-8-12/h7-11H,2-6H2,1H3,(H,17,18)/b16-11+. The molecule has 0 aromatic heterocycles. The smallest absolute Gasteiger partial charge is 0.267 e. The van der Waals surface area contributed by atoms with Gasteiger partial charge in [-0.1, -0.05) is 26.2 Å². The average Bonchev–Trinajstić information content (AvgIpc) is 2.38. The van der Waals surface area contributed by atoms with Crippen LogP contribution in [0.5, 0.6) is 0 Å². The van der Waals surface area contributed by atoms with Gasteiger partial charge in [0.1, 0.15) is 5.82 Å². The van der Waals surface area contributed by atoms with Crippen molar-refractivity contribution in [3.05, 3.63) is 35.6 Å². The van der Waals surface area contributed by atoms with Crippen LogP contribution in [-0.4, -0.2) is 12.1 Å². The second-order valence-electron chi connectivity index (χ2n) is 4.11. The van der Waals surface area contributed by atoms with E-state index in [1.165, 1.54) is 43.5 Å². The highest BCUT2D eigenvalue weighted by molar-refractivity contribution is 5.94. The molecular formula is C14H19FN2O. The van der Waals surface area contributed by atoms with Crippen molar-refractivity contribution in [2.75, 3.05) is 0 Å². The number of hydrazone groups is 1. The van der Waals surface area contributed by atoms with Gasteiger partial charge in [-0.05, 0) is 37.1 Å². The van der Waals surface area contributed by atoms with Gasteiger partial charge in [-0.2, -0.15) is 5.10 Å². The topological polar surface area (TPSA) is 41.5 Å². The molecule has 1 amide bonds. The maximum Gasteiger partial charge on any atom is 0.271 e. The molecule has 0 radical (unpaired) electrons. The lowest BCUT2D eigenvalue weighted by atomic mass is 10.2. The molecule has 0 heterocycles. The molecule has 0 spiro atoms. The van der Waals surface area contributed by atoms with Gasteiger partial charge >= 0.3 is 0 Å². The second kappa shape index (κ2) is 8.39. The first-order valence-corrected chi connectivity index (χ1v) is 6.31. The van der Waals surface area contributed by atoms with Crippen LogP contribution in [0.2, 0.25) is 0 Å². The molecule has 3 nitrogen and oxygen atoms in total. The molecule has 0 aliphatic rings. The van der Waals surface area contributed by atoms with Crippen molar-refractivity contribution in [2.24, 2.45) is 5.10 Å². The van der Waals surface area contributed by atoms with Crippen LogP contribution in [0.3, 0.4) is 0 Å². The van der Waals surface area contributed by atoms with E-state index in [0.717, 1.165) is 12.8 Å². The molecule has 1 rings (SSSR count). The molecular weight excluding hydrogens is 231 g/mol. The molecule has 0 bridgehead atoms. The van der Waals surface area contributed by atoms with E-state index in [1.54, 1.807) is 6.21 Å². The summed E-state index contributed by atoms with van der Waals surface area (Å²) in [6, 6.07) is 5.37. The first kappa shape index (κ1) is 14.4. The molecule has 1 N–H and O–H groups in total. The van der Waals surface area contributed by atoms with E-state index in [2.05, 4.69) is 17.5 Å². The summed E-state index contributed by atoms with van der Waals surface area (Å²) in [4.78, 5) is 11.5. The van der Waals surface area contributed by atoms with E-state index in [-0.39, 0.29) is 11.7 Å². The van der Waals surface area contributed by atoms with E-state index >= 15 is 0 Å². The molecule has 0 atom stereocenters. The third-order valence-electron chi connectivity index (χ3n) is 2.55. The molecule has 0 aliphatic carbocycles. The van der Waals surface area contributed by atoms with Crippen LogP contribution >= 0.6 is 0 Å². The summed E-state index contributed by atoms with van der Waals surface area (Å²) >= 11 is 0. The van der Waals surface area contributed by atoms with Crippen LogP contribution in [0.1, 0.15) is 49.4 Å². The number of halogens is 1. The Hall–Kier alpha value is -1.71. The SMILES string of the molecule is CCCCCC/C=N/NC(=O)c1ccc(F)cc1. The summed E-state index contributed by atoms with van der Waals surface area (Å²) in [6.07, 6.45) is 7.28. The monoisotopic (exact) mass is 250 g/mol. The van der Waals surface area contributed by atoms with Gasteiger partial charge in [0.15, 0.2) is 0 Å². The van der Waals surface area contributed by atoms with Crippen LogP contribution < -0.4 is 5.43 Å². The summed E-state index contributed by atoms with van der Waals surface area (Å²) < 4.78 is 12.6. The molecule has 1 aromatic rings. The normalized spacial score (nSPS) is 10.8. The highest BCUT2D eigenvalue weighted by Crippen LogP contribution is 2.02. The van der Waals surface area contributed by atoms with Gasteiger partial charge in [-0.25, -0.2) is 9.82 Å². The largest absolute Gasteiger partial charge is 0.271 e. The Labute approximate surface area is 107 Å². The van der Waals surface area contributed by atoms with Gasteiger partial charge in [0, 0.05) is 11.8 Å². The van der Waals surface area contributed by atoms with Crippen LogP contribution in [-0.2, 0) is 0 Å². The van der Waals surface area contributed by atoms with Crippen LogP contribution in [0.15, 0.2) is 29.4 Å². The van der Waals surface area contributed by atoms with Gasteiger partial charge < -0.3 is 0 Å². The predicted molar refractivity (Wildman–Crippen MR) is 71.1 cm³/mol. The zero-order valence-electron chi connectivity index (χ0n) is 10.7. The van der Waals surface area contributed by atoms with Crippen LogP contribution in [0.25, 0.3) is 0 Å². The zero-order valence-corrected chi connectivity index (χ0v) is 10.7. The Morgan fingerprint density at radius 3 is 2.67 bits per heavy atom. The van der Waals surface area contributed by atoms with Crippen LogP contribution in [0.4, 0.5) is 4.39 Å². The number of carbonyl (C=O) groups is 1. The van der Waals surface area contributed by atoms with Crippen molar-refractivity contribution in [1.29, 1.82) is 0 Å². The molecule has 0 saturated carbocycles. The summed E-state index contributed by atoms with van der Waals surface area (Å²) in [5, 5.41) is 3.85. The Morgan fingerprint density at radius 1 is 1.28 bits per heavy atom. The quantitative estimate of drug-likeness (QED) is 0.449. The number of nitrogens with one attached hydrogen (secondary N) is 1. The number of hydrogen-bond donors (Lipinski definition) is 1. The fraction of sp³-hybridized carbons (Fsp3) is 0.429. The van der Waals surface area contributed by atoms with Crippen molar-refractivity contribution >= 4 is 12.1 Å². The number of nitrogens with zero attached hydrogens (tertiary/aromatic N) is 1. The lowest BCUT2D eigenvalue weighted by Gasteiger charge is -1.99. The van der Waals surface area contributed by atoms with Crippen LogP contribution in [0, 0.1) is 5.82 Å². The van der Waals surface area contributed by atoms with E-state index < -0.39 is 0 Å². The number of benzene rings is 1. The van der Waals surface area contributed by atoms with E-state index in [9.17, 15) is 9.18 Å². The van der Waals surface area contributed by atoms with Gasteiger partial charge in [-0.3, -0.25) is 4.79 Å². The van der Waals surface area contributed by atoms with Gasteiger partial charge in [0.2, 0.25) is 0 Å². The average molecular weight is 250 g/mol. The fourth-order valence-electron chi connectivity index (χ4n) is 1.50. The number of rotatable bonds is 7. The Bertz CT molecular complexity index is 387. The molecule has 0 unspecified atom stereocenters. The van der Waals surface area contributed by atoms with Crippen molar-refractivity contribution in [3.63, 3.8) is 0 Å². The molecule has 0 aliphatic heterocycles. The van der Waals surface area contributed by atoms with E-state index in [0.29, 0.717) is 5.56 Å². The summed E-state index contributed by atoms with van der Waals surface area (Å²) in [5.74, 6) is -0.675. The fourth-order valence-corrected chi connectivity index (χ4v) is 1.50. The second-order valence-corrected chi connectivity index (χ2v) is 4.11. The molecule has 0 saturated heterocycles. The third-order valence-corrected chi connectivity index (χ3v) is 2.55. The summed E-state index contributed by atoms with van der Waals surface area (Å²) in [7, 11) is 0. The number of carbonyl (C=O) groups excluding carboxylic acids is 1. The minimum absolute atomic E-state index is 0.320. The number of amides is 1. The van der Waals surface area contributed by atoms with Crippen molar-refractivity contribution in [2.45, 2.75) is 39.0 Å². The van der Waals surface area contributed by atoms with Crippen molar-refractivity contribution < 1.29 is 9.18 Å². The minimum atomic E-state index is -0.356. The Kier molecular flexibility index (Phi) is 6.69. The lowest BCUT2D eigenvalue weighted by Crippen LogP contribution is -2.17. The summed E-state index contributed by atoms with van der Waals surface area (Å²) in [6.45, 7) is 2.16. The maximum atomic E-state index is 12.6. The summed E-state index contributed by atoms with van der Waals surface area (Å²) in [5.41, 5.74) is 2.82. The number of unbranched alkanes of at least 4 members (excludes halogenated alkanes) is 4. The molecule has 0 fully saturated rings. The zero-order chi connectivity index (χ0) is 13.2. The van der Waals surface area contributed by atoms with Gasteiger partial charge in [-0.15, -0.1) is 0 Å². The highest BCUT2D eigenvalue weighted by Gasteiger charge is 2.02.